The van der Waals surface area contributed by atoms with E-state index in [-0.39, 0.29) is 0 Å². The first-order chi connectivity index (χ1) is 5.74. The van der Waals surface area contributed by atoms with Crippen LogP contribution in [0.3, 0.4) is 0 Å². The molecule has 2 atom stereocenters. The zero-order chi connectivity index (χ0) is 8.97. The zero-order valence-electron chi connectivity index (χ0n) is 8.55. The number of hydrogen-bond donors (Lipinski definition) is 0. The lowest BCUT2D eigenvalue weighted by Crippen LogP contribution is -2.37. The van der Waals surface area contributed by atoms with Crippen molar-refractivity contribution >= 4 is 0 Å². The summed E-state index contributed by atoms with van der Waals surface area (Å²) in [5, 5.41) is 0. The number of likely N-dealkylation sites (tertiary alicyclic amines) is 1. The minimum atomic E-state index is 0.764. The molecule has 1 heterocycles. The van der Waals surface area contributed by atoms with Gasteiger partial charge in [0.15, 0.2) is 0 Å². The molecule has 0 spiro atoms. The van der Waals surface area contributed by atoms with Crippen LogP contribution in [0, 0.1) is 5.92 Å². The lowest BCUT2D eigenvalue weighted by atomic mass is 9.90. The fourth-order valence-corrected chi connectivity index (χ4v) is 1.93. The molecule has 0 bridgehead atoms. The molecule has 0 aromatic carbocycles. The van der Waals surface area contributed by atoms with E-state index in [4.69, 9.17) is 4.74 Å². The number of methoxy groups -OCH3 is 1. The Morgan fingerprint density at radius 2 is 2.25 bits per heavy atom. The summed E-state index contributed by atoms with van der Waals surface area (Å²) in [4.78, 5) is 2.45. The third kappa shape index (κ3) is 2.76. The molecule has 12 heavy (non-hydrogen) atoms. The van der Waals surface area contributed by atoms with Crippen molar-refractivity contribution in [3.05, 3.63) is 0 Å². The van der Waals surface area contributed by atoms with E-state index >= 15 is 0 Å². The summed E-state index contributed by atoms with van der Waals surface area (Å²) in [7, 11) is 4.01. The van der Waals surface area contributed by atoms with E-state index in [1.807, 2.05) is 0 Å². The fourth-order valence-electron chi connectivity index (χ4n) is 1.93. The van der Waals surface area contributed by atoms with Crippen LogP contribution >= 0.6 is 0 Å². The summed E-state index contributed by atoms with van der Waals surface area (Å²) >= 11 is 0. The lowest BCUT2D eigenvalue weighted by Gasteiger charge is -2.34. The van der Waals surface area contributed by atoms with Crippen LogP contribution in [0.5, 0.6) is 0 Å². The molecule has 2 unspecified atom stereocenters. The van der Waals surface area contributed by atoms with Gasteiger partial charge in [0.25, 0.3) is 0 Å². The highest BCUT2D eigenvalue weighted by Gasteiger charge is 2.21. The molecule has 2 heteroatoms. The van der Waals surface area contributed by atoms with Crippen molar-refractivity contribution in [3.63, 3.8) is 0 Å². The molecule has 0 aromatic heterocycles. The zero-order valence-corrected chi connectivity index (χ0v) is 8.55. The molecule has 1 aliphatic rings. The third-order valence-corrected chi connectivity index (χ3v) is 3.05. The average Bonchev–Trinajstić information content (AvgIpc) is 2.07. The van der Waals surface area contributed by atoms with Gasteiger partial charge in [0.05, 0.1) is 0 Å². The molecule has 0 saturated carbocycles. The van der Waals surface area contributed by atoms with Gasteiger partial charge < -0.3 is 9.64 Å². The Hall–Kier alpha value is -0.0800. The minimum Gasteiger partial charge on any atom is -0.385 e. The largest absolute Gasteiger partial charge is 0.385 e. The summed E-state index contributed by atoms with van der Waals surface area (Å²) in [6, 6.07) is 0.764. The number of ether oxygens (including phenoxy) is 1. The van der Waals surface area contributed by atoms with Crippen LogP contribution in [-0.4, -0.2) is 38.3 Å². The Morgan fingerprint density at radius 3 is 2.83 bits per heavy atom. The Labute approximate surface area is 75.9 Å². The second-order valence-electron chi connectivity index (χ2n) is 4.00. The first-order valence-corrected chi connectivity index (χ1v) is 4.93. The second-order valence-corrected chi connectivity index (χ2v) is 4.00. The van der Waals surface area contributed by atoms with Gasteiger partial charge in [-0.1, -0.05) is 0 Å². The molecule has 0 aromatic rings. The summed E-state index contributed by atoms with van der Waals surface area (Å²) in [5.74, 6) is 0.899. The standard InChI is InChI=1S/C10H21NO/c1-9-8-10(5-7-12-3)4-6-11(9)2/h9-10H,4-8H2,1-3H3. The van der Waals surface area contributed by atoms with Gasteiger partial charge in [-0.25, -0.2) is 0 Å². The molecule has 0 radical (unpaired) electrons. The topological polar surface area (TPSA) is 12.5 Å². The molecule has 0 aliphatic carbocycles. The van der Waals surface area contributed by atoms with E-state index in [0.29, 0.717) is 0 Å². The van der Waals surface area contributed by atoms with Gasteiger partial charge in [-0.3, -0.25) is 0 Å². The highest BCUT2D eigenvalue weighted by Crippen LogP contribution is 2.23. The quantitative estimate of drug-likeness (QED) is 0.641. The van der Waals surface area contributed by atoms with E-state index in [1.54, 1.807) is 7.11 Å². The van der Waals surface area contributed by atoms with Crippen LogP contribution in [-0.2, 0) is 4.74 Å². The smallest absolute Gasteiger partial charge is 0.0464 e. The van der Waals surface area contributed by atoms with Crippen molar-refractivity contribution in [2.45, 2.75) is 32.2 Å². The summed E-state index contributed by atoms with van der Waals surface area (Å²) in [6.45, 7) is 4.51. The van der Waals surface area contributed by atoms with Crippen LogP contribution in [0.25, 0.3) is 0 Å². The highest BCUT2D eigenvalue weighted by molar-refractivity contribution is 4.76. The van der Waals surface area contributed by atoms with Crippen molar-refractivity contribution in [1.82, 2.24) is 4.90 Å². The van der Waals surface area contributed by atoms with Crippen LogP contribution in [0.1, 0.15) is 26.2 Å². The Balaban J connectivity index is 2.21. The molecule has 1 saturated heterocycles. The fraction of sp³-hybridized carbons (Fsp3) is 1.00. The Kier molecular flexibility index (Phi) is 4.02. The third-order valence-electron chi connectivity index (χ3n) is 3.05. The lowest BCUT2D eigenvalue weighted by molar-refractivity contribution is 0.117. The van der Waals surface area contributed by atoms with Gasteiger partial charge in [-0.05, 0) is 45.7 Å². The van der Waals surface area contributed by atoms with E-state index in [2.05, 4.69) is 18.9 Å². The SMILES string of the molecule is COCCC1CCN(C)C(C)C1. The Bertz CT molecular complexity index is 125. The van der Waals surface area contributed by atoms with Crippen LogP contribution in [0.15, 0.2) is 0 Å². The maximum atomic E-state index is 5.09. The van der Waals surface area contributed by atoms with E-state index < -0.39 is 0 Å². The molecule has 72 valence electrons. The van der Waals surface area contributed by atoms with Crippen LogP contribution < -0.4 is 0 Å². The maximum Gasteiger partial charge on any atom is 0.0464 e. The van der Waals surface area contributed by atoms with Crippen LogP contribution in [0.4, 0.5) is 0 Å². The van der Waals surface area contributed by atoms with E-state index in [9.17, 15) is 0 Å². The van der Waals surface area contributed by atoms with Gasteiger partial charge in [0.2, 0.25) is 0 Å². The summed E-state index contributed by atoms with van der Waals surface area (Å²) in [6.07, 6.45) is 3.94. The highest BCUT2D eigenvalue weighted by atomic mass is 16.5. The van der Waals surface area contributed by atoms with Crippen LogP contribution in [0.2, 0.25) is 0 Å². The van der Waals surface area contributed by atoms with Crippen molar-refractivity contribution < 1.29 is 4.74 Å². The average molecular weight is 171 g/mol. The molecule has 0 N–H and O–H groups in total. The first-order valence-electron chi connectivity index (χ1n) is 4.93. The second kappa shape index (κ2) is 4.83. The normalized spacial score (nSPS) is 32.2. The van der Waals surface area contributed by atoms with E-state index in [1.165, 1.54) is 25.8 Å². The minimum absolute atomic E-state index is 0.764. The van der Waals surface area contributed by atoms with Crippen molar-refractivity contribution in [2.75, 3.05) is 27.3 Å². The summed E-state index contributed by atoms with van der Waals surface area (Å²) < 4.78 is 5.09. The number of piperidine rings is 1. The number of hydrogen-bond acceptors (Lipinski definition) is 2. The van der Waals surface area contributed by atoms with Gasteiger partial charge in [-0.15, -0.1) is 0 Å². The van der Waals surface area contributed by atoms with E-state index in [0.717, 1.165) is 18.6 Å². The molecule has 1 rings (SSSR count). The van der Waals surface area contributed by atoms with Crippen molar-refractivity contribution in [3.8, 4) is 0 Å². The monoisotopic (exact) mass is 171 g/mol. The van der Waals surface area contributed by atoms with Gasteiger partial charge in [-0.2, -0.15) is 0 Å². The maximum absolute atomic E-state index is 5.09. The molecule has 0 amide bonds. The Morgan fingerprint density at radius 1 is 1.50 bits per heavy atom. The molecule has 1 aliphatic heterocycles. The van der Waals surface area contributed by atoms with Gasteiger partial charge in [0.1, 0.15) is 0 Å². The molecular weight excluding hydrogens is 150 g/mol. The van der Waals surface area contributed by atoms with Gasteiger partial charge in [0, 0.05) is 19.8 Å². The number of nitrogens with zero attached hydrogens (tertiary/aromatic N) is 1. The first kappa shape index (κ1) is 10.0. The molecule has 2 nitrogen and oxygen atoms in total. The number of rotatable bonds is 3. The van der Waals surface area contributed by atoms with Crippen molar-refractivity contribution in [2.24, 2.45) is 5.92 Å². The molecular formula is C10H21NO. The predicted molar refractivity (Wildman–Crippen MR) is 51.3 cm³/mol. The molecule has 1 fully saturated rings. The van der Waals surface area contributed by atoms with Gasteiger partial charge >= 0.3 is 0 Å². The summed E-state index contributed by atoms with van der Waals surface area (Å²) in [5.41, 5.74) is 0. The van der Waals surface area contributed by atoms with Crippen molar-refractivity contribution in [1.29, 1.82) is 0 Å². The predicted octanol–water partition coefficient (Wildman–Crippen LogP) is 1.75.